The van der Waals surface area contributed by atoms with Crippen LogP contribution in [-0.4, -0.2) is 35.1 Å². The number of carbonyl (C=O) groups is 1. The fraction of sp³-hybridized carbons (Fsp3) is 0.917. The third-order valence-corrected chi connectivity index (χ3v) is 2.88. The first-order valence-electron chi connectivity index (χ1n) is 6.07. The molecule has 90 valence electrons. The van der Waals surface area contributed by atoms with Crippen molar-refractivity contribution in [1.29, 1.82) is 0 Å². The van der Waals surface area contributed by atoms with E-state index in [0.717, 1.165) is 13.0 Å². The Kier molecular flexibility index (Phi) is 8.38. The largest absolute Gasteiger partial charge is 0.481 e. The van der Waals surface area contributed by atoms with Crippen molar-refractivity contribution in [2.24, 2.45) is 0 Å². The highest BCUT2D eigenvalue weighted by molar-refractivity contribution is 5.66. The first-order valence-corrected chi connectivity index (χ1v) is 6.07. The summed E-state index contributed by atoms with van der Waals surface area (Å²) in [5.41, 5.74) is 0. The van der Waals surface area contributed by atoms with Gasteiger partial charge in [0.25, 0.3) is 0 Å². The predicted molar refractivity (Wildman–Crippen MR) is 63.1 cm³/mol. The van der Waals surface area contributed by atoms with Crippen LogP contribution in [0.1, 0.15) is 52.9 Å². The van der Waals surface area contributed by atoms with E-state index in [9.17, 15) is 4.79 Å². The second-order valence-electron chi connectivity index (χ2n) is 4.14. The van der Waals surface area contributed by atoms with Crippen molar-refractivity contribution >= 4 is 5.97 Å². The number of hydrogen-bond acceptors (Lipinski definition) is 2. The summed E-state index contributed by atoms with van der Waals surface area (Å²) < 4.78 is 0. The number of carboxylic acid groups (broad SMARTS) is 1. The van der Waals surface area contributed by atoms with Crippen LogP contribution in [0.25, 0.3) is 0 Å². The lowest BCUT2D eigenvalue weighted by Gasteiger charge is -2.27. The molecule has 3 heteroatoms. The fourth-order valence-electron chi connectivity index (χ4n) is 1.61. The number of nitrogens with zero attached hydrogens (tertiary/aromatic N) is 1. The zero-order valence-corrected chi connectivity index (χ0v) is 10.3. The monoisotopic (exact) mass is 215 g/mol. The van der Waals surface area contributed by atoms with Crippen molar-refractivity contribution in [1.82, 2.24) is 4.90 Å². The van der Waals surface area contributed by atoms with Crippen LogP contribution in [0.3, 0.4) is 0 Å². The van der Waals surface area contributed by atoms with E-state index in [4.69, 9.17) is 5.11 Å². The van der Waals surface area contributed by atoms with Crippen molar-refractivity contribution in [3.05, 3.63) is 0 Å². The van der Waals surface area contributed by atoms with Gasteiger partial charge in [-0.3, -0.25) is 4.79 Å². The first kappa shape index (κ1) is 14.4. The van der Waals surface area contributed by atoms with Crippen LogP contribution in [0, 0.1) is 0 Å². The van der Waals surface area contributed by atoms with Crippen LogP contribution in [0.4, 0.5) is 0 Å². The molecule has 0 aromatic heterocycles. The van der Waals surface area contributed by atoms with Crippen LogP contribution in [0.5, 0.6) is 0 Å². The SMILES string of the molecule is CCCCCN(CCC(=O)O)C(C)CC. The number of rotatable bonds is 9. The molecule has 1 atom stereocenters. The van der Waals surface area contributed by atoms with E-state index in [2.05, 4.69) is 25.7 Å². The molecule has 0 bridgehead atoms. The topological polar surface area (TPSA) is 40.5 Å². The molecular weight excluding hydrogens is 190 g/mol. The van der Waals surface area contributed by atoms with E-state index in [1.807, 2.05) is 0 Å². The highest BCUT2D eigenvalue weighted by Gasteiger charge is 2.12. The predicted octanol–water partition coefficient (Wildman–Crippen LogP) is 2.75. The first-order chi connectivity index (χ1) is 7.11. The minimum absolute atomic E-state index is 0.260. The van der Waals surface area contributed by atoms with Gasteiger partial charge < -0.3 is 10.0 Å². The zero-order chi connectivity index (χ0) is 11.7. The molecule has 0 saturated carbocycles. The Bertz CT molecular complexity index is 171. The summed E-state index contributed by atoms with van der Waals surface area (Å²) in [4.78, 5) is 12.8. The minimum Gasteiger partial charge on any atom is -0.481 e. The van der Waals surface area contributed by atoms with E-state index in [1.54, 1.807) is 0 Å². The molecule has 0 fully saturated rings. The average molecular weight is 215 g/mol. The van der Waals surface area contributed by atoms with Gasteiger partial charge in [0.15, 0.2) is 0 Å². The molecule has 0 radical (unpaired) electrons. The van der Waals surface area contributed by atoms with Gasteiger partial charge in [0.2, 0.25) is 0 Å². The van der Waals surface area contributed by atoms with Crippen LogP contribution in [0.15, 0.2) is 0 Å². The molecule has 1 unspecified atom stereocenters. The summed E-state index contributed by atoms with van der Waals surface area (Å²) in [6.07, 6.45) is 4.98. The maximum atomic E-state index is 10.5. The summed E-state index contributed by atoms with van der Waals surface area (Å²) in [6.45, 7) is 8.24. The summed E-state index contributed by atoms with van der Waals surface area (Å²) in [5.74, 6) is -0.696. The molecule has 0 aromatic carbocycles. The van der Waals surface area contributed by atoms with Crippen molar-refractivity contribution in [3.8, 4) is 0 Å². The van der Waals surface area contributed by atoms with Crippen molar-refractivity contribution in [3.63, 3.8) is 0 Å². The minimum atomic E-state index is -0.696. The van der Waals surface area contributed by atoms with E-state index < -0.39 is 5.97 Å². The zero-order valence-electron chi connectivity index (χ0n) is 10.3. The van der Waals surface area contributed by atoms with Crippen molar-refractivity contribution < 1.29 is 9.90 Å². The van der Waals surface area contributed by atoms with Crippen LogP contribution in [0.2, 0.25) is 0 Å². The van der Waals surface area contributed by atoms with Gasteiger partial charge >= 0.3 is 5.97 Å². The number of unbranched alkanes of at least 4 members (excludes halogenated alkanes) is 2. The van der Waals surface area contributed by atoms with Gasteiger partial charge in [-0.25, -0.2) is 0 Å². The smallest absolute Gasteiger partial charge is 0.304 e. The lowest BCUT2D eigenvalue weighted by molar-refractivity contribution is -0.137. The molecule has 0 aliphatic heterocycles. The number of hydrogen-bond donors (Lipinski definition) is 1. The van der Waals surface area contributed by atoms with Gasteiger partial charge in [0, 0.05) is 12.6 Å². The van der Waals surface area contributed by atoms with Crippen molar-refractivity contribution in [2.45, 2.75) is 58.9 Å². The molecule has 0 saturated heterocycles. The fourth-order valence-corrected chi connectivity index (χ4v) is 1.61. The molecule has 0 amide bonds. The molecule has 0 aliphatic carbocycles. The lowest BCUT2D eigenvalue weighted by atomic mass is 10.1. The maximum absolute atomic E-state index is 10.5. The van der Waals surface area contributed by atoms with Crippen LogP contribution < -0.4 is 0 Å². The number of carboxylic acids is 1. The summed E-state index contributed by atoms with van der Waals surface area (Å²) in [6, 6.07) is 0.501. The molecule has 0 spiro atoms. The van der Waals surface area contributed by atoms with Gasteiger partial charge in [-0.1, -0.05) is 26.7 Å². The average Bonchev–Trinajstić information content (AvgIpc) is 2.21. The van der Waals surface area contributed by atoms with Gasteiger partial charge in [-0.2, -0.15) is 0 Å². The summed E-state index contributed by atoms with van der Waals surface area (Å²) >= 11 is 0. The third kappa shape index (κ3) is 7.37. The number of aliphatic carboxylic acids is 1. The summed E-state index contributed by atoms with van der Waals surface area (Å²) in [7, 11) is 0. The van der Waals surface area contributed by atoms with Gasteiger partial charge in [-0.05, 0) is 26.3 Å². The van der Waals surface area contributed by atoms with Crippen molar-refractivity contribution in [2.75, 3.05) is 13.1 Å². The highest BCUT2D eigenvalue weighted by atomic mass is 16.4. The van der Waals surface area contributed by atoms with E-state index in [1.165, 1.54) is 19.3 Å². The quantitative estimate of drug-likeness (QED) is 0.601. The molecule has 0 aromatic rings. The maximum Gasteiger partial charge on any atom is 0.304 e. The standard InChI is InChI=1S/C12H25NO2/c1-4-6-7-9-13(11(3)5-2)10-8-12(14)15/h11H,4-10H2,1-3H3,(H,14,15). The Morgan fingerprint density at radius 3 is 2.40 bits per heavy atom. The molecular formula is C12H25NO2. The van der Waals surface area contributed by atoms with Crippen LogP contribution >= 0.6 is 0 Å². The van der Waals surface area contributed by atoms with Gasteiger partial charge in [-0.15, -0.1) is 0 Å². The Balaban J connectivity index is 3.89. The van der Waals surface area contributed by atoms with Crippen LogP contribution in [-0.2, 0) is 4.79 Å². The molecule has 0 rings (SSSR count). The van der Waals surface area contributed by atoms with Gasteiger partial charge in [0.05, 0.1) is 6.42 Å². The normalized spacial score (nSPS) is 13.1. The van der Waals surface area contributed by atoms with Gasteiger partial charge in [0.1, 0.15) is 0 Å². The third-order valence-electron chi connectivity index (χ3n) is 2.88. The highest BCUT2D eigenvalue weighted by Crippen LogP contribution is 2.07. The van der Waals surface area contributed by atoms with E-state index in [0.29, 0.717) is 12.6 Å². The van der Waals surface area contributed by atoms with E-state index >= 15 is 0 Å². The second kappa shape index (κ2) is 8.72. The Hall–Kier alpha value is -0.570. The Morgan fingerprint density at radius 1 is 1.27 bits per heavy atom. The Labute approximate surface area is 93.5 Å². The molecule has 0 aliphatic rings. The lowest BCUT2D eigenvalue weighted by Crippen LogP contribution is -2.35. The molecule has 0 heterocycles. The molecule has 1 N–H and O–H groups in total. The second-order valence-corrected chi connectivity index (χ2v) is 4.14. The molecule has 15 heavy (non-hydrogen) atoms. The molecule has 3 nitrogen and oxygen atoms in total. The van der Waals surface area contributed by atoms with E-state index in [-0.39, 0.29) is 6.42 Å². The summed E-state index contributed by atoms with van der Waals surface area (Å²) in [5, 5.41) is 8.66. The Morgan fingerprint density at radius 2 is 1.93 bits per heavy atom.